The Labute approximate surface area is 130 Å². The van der Waals surface area contributed by atoms with Crippen LogP contribution in [-0.2, 0) is 4.79 Å². The van der Waals surface area contributed by atoms with E-state index in [1.165, 1.54) is 36.4 Å². The Morgan fingerprint density at radius 2 is 1.78 bits per heavy atom. The highest BCUT2D eigenvalue weighted by atomic mass is 16.6. The number of aromatic carboxylic acids is 1. The van der Waals surface area contributed by atoms with Crippen molar-refractivity contribution < 1.29 is 24.4 Å². The van der Waals surface area contributed by atoms with Gasteiger partial charge in [-0.3, -0.25) is 14.9 Å². The second-order valence-corrected chi connectivity index (χ2v) is 4.44. The van der Waals surface area contributed by atoms with Crippen LogP contribution >= 0.6 is 0 Å². The minimum absolute atomic E-state index is 0.0313. The zero-order valence-electron chi connectivity index (χ0n) is 11.8. The van der Waals surface area contributed by atoms with Gasteiger partial charge in [0, 0.05) is 12.1 Å². The van der Waals surface area contributed by atoms with Gasteiger partial charge in [0.05, 0.1) is 16.2 Å². The van der Waals surface area contributed by atoms with Crippen molar-refractivity contribution in [2.24, 2.45) is 0 Å². The van der Waals surface area contributed by atoms with E-state index in [0.717, 1.165) is 0 Å². The molecule has 0 aromatic heterocycles. The van der Waals surface area contributed by atoms with E-state index in [4.69, 9.17) is 9.84 Å². The number of anilines is 1. The number of hydrogen-bond acceptors (Lipinski definition) is 5. The Balaban J connectivity index is 1.95. The van der Waals surface area contributed by atoms with E-state index in [1.807, 2.05) is 0 Å². The third-order valence-electron chi connectivity index (χ3n) is 2.85. The highest BCUT2D eigenvalue weighted by Crippen LogP contribution is 2.18. The zero-order valence-corrected chi connectivity index (χ0v) is 11.8. The van der Waals surface area contributed by atoms with Gasteiger partial charge in [-0.25, -0.2) is 4.79 Å². The van der Waals surface area contributed by atoms with Crippen molar-refractivity contribution in [3.63, 3.8) is 0 Å². The number of amides is 1. The van der Waals surface area contributed by atoms with Crippen LogP contribution in [0.3, 0.4) is 0 Å². The van der Waals surface area contributed by atoms with Gasteiger partial charge in [-0.05, 0) is 24.3 Å². The average Bonchev–Trinajstić information content (AvgIpc) is 2.53. The Morgan fingerprint density at radius 3 is 2.39 bits per heavy atom. The number of non-ortho nitro benzene ring substituents is 1. The standard InChI is InChI=1S/C15H12N2O6/c18-14(16-13-4-2-1-3-12(13)15(19)20)9-23-11-7-5-10(6-8-11)17(21)22/h1-8H,9H2,(H,16,18)(H,19,20). The van der Waals surface area contributed by atoms with Crippen LogP contribution in [-0.4, -0.2) is 28.5 Å². The number of benzene rings is 2. The van der Waals surface area contributed by atoms with Crippen LogP contribution in [0.15, 0.2) is 48.5 Å². The lowest BCUT2D eigenvalue weighted by Gasteiger charge is -2.09. The predicted octanol–water partition coefficient (Wildman–Crippen LogP) is 2.31. The molecule has 0 atom stereocenters. The van der Waals surface area contributed by atoms with Crippen molar-refractivity contribution in [1.82, 2.24) is 0 Å². The number of ether oxygens (including phenoxy) is 1. The molecule has 0 spiro atoms. The molecule has 1 amide bonds. The van der Waals surface area contributed by atoms with Gasteiger partial charge in [-0.1, -0.05) is 12.1 Å². The first-order valence-corrected chi connectivity index (χ1v) is 6.47. The molecule has 2 aromatic carbocycles. The van der Waals surface area contributed by atoms with Gasteiger partial charge < -0.3 is 15.2 Å². The van der Waals surface area contributed by atoms with E-state index in [9.17, 15) is 19.7 Å². The highest BCUT2D eigenvalue weighted by molar-refractivity contribution is 6.00. The predicted molar refractivity (Wildman–Crippen MR) is 80.6 cm³/mol. The van der Waals surface area contributed by atoms with Gasteiger partial charge >= 0.3 is 5.97 Å². The lowest BCUT2D eigenvalue weighted by Crippen LogP contribution is -2.21. The number of nitrogens with one attached hydrogen (secondary N) is 1. The maximum atomic E-state index is 11.8. The first-order valence-electron chi connectivity index (χ1n) is 6.47. The number of carboxylic acids is 1. The molecule has 0 bridgehead atoms. The average molecular weight is 316 g/mol. The topological polar surface area (TPSA) is 119 Å². The van der Waals surface area contributed by atoms with E-state index in [2.05, 4.69) is 5.32 Å². The molecule has 0 heterocycles. The van der Waals surface area contributed by atoms with Gasteiger partial charge in [0.15, 0.2) is 6.61 Å². The summed E-state index contributed by atoms with van der Waals surface area (Å²) in [6, 6.07) is 11.2. The fourth-order valence-electron chi connectivity index (χ4n) is 1.78. The largest absolute Gasteiger partial charge is 0.484 e. The number of carbonyl (C=O) groups excluding carboxylic acids is 1. The number of carboxylic acid groups (broad SMARTS) is 1. The fraction of sp³-hybridized carbons (Fsp3) is 0.0667. The maximum absolute atomic E-state index is 11.8. The normalized spacial score (nSPS) is 9.91. The number of rotatable bonds is 6. The van der Waals surface area contributed by atoms with E-state index in [1.54, 1.807) is 12.1 Å². The molecule has 8 nitrogen and oxygen atoms in total. The molecule has 0 unspecified atom stereocenters. The molecule has 0 fully saturated rings. The number of nitro benzene ring substituents is 1. The third-order valence-corrected chi connectivity index (χ3v) is 2.85. The molecule has 2 N–H and O–H groups in total. The van der Waals surface area contributed by atoms with Gasteiger partial charge in [0.2, 0.25) is 0 Å². The summed E-state index contributed by atoms with van der Waals surface area (Å²) in [5.41, 5.74) is 0.0469. The summed E-state index contributed by atoms with van der Waals surface area (Å²) in [4.78, 5) is 32.8. The van der Waals surface area contributed by atoms with Crippen LogP contribution in [0.25, 0.3) is 0 Å². The van der Waals surface area contributed by atoms with E-state index >= 15 is 0 Å². The van der Waals surface area contributed by atoms with Crippen LogP contribution in [0.5, 0.6) is 5.75 Å². The highest BCUT2D eigenvalue weighted by Gasteiger charge is 2.12. The molecule has 0 radical (unpaired) electrons. The number of nitrogens with zero attached hydrogens (tertiary/aromatic N) is 1. The summed E-state index contributed by atoms with van der Waals surface area (Å²) in [6.45, 7) is -0.355. The Kier molecular flexibility index (Phi) is 4.88. The van der Waals surface area contributed by atoms with Gasteiger partial charge in [-0.15, -0.1) is 0 Å². The van der Waals surface area contributed by atoms with Crippen LogP contribution in [0.4, 0.5) is 11.4 Å². The molecule has 2 aromatic rings. The zero-order chi connectivity index (χ0) is 16.8. The first kappa shape index (κ1) is 16.0. The smallest absolute Gasteiger partial charge is 0.337 e. The SMILES string of the molecule is O=C(COc1ccc([N+](=O)[O-])cc1)Nc1ccccc1C(=O)O. The van der Waals surface area contributed by atoms with Crippen molar-refractivity contribution in [1.29, 1.82) is 0 Å². The van der Waals surface area contributed by atoms with E-state index in [0.29, 0.717) is 0 Å². The summed E-state index contributed by atoms with van der Waals surface area (Å²) >= 11 is 0. The van der Waals surface area contributed by atoms with Crippen LogP contribution in [0.2, 0.25) is 0 Å². The van der Waals surface area contributed by atoms with Crippen molar-refractivity contribution in [3.8, 4) is 5.75 Å². The summed E-state index contributed by atoms with van der Waals surface area (Å²) in [6.07, 6.45) is 0. The summed E-state index contributed by atoms with van der Waals surface area (Å²) in [7, 11) is 0. The number of nitro groups is 1. The molecule has 0 saturated heterocycles. The van der Waals surface area contributed by atoms with Gasteiger partial charge in [0.25, 0.3) is 11.6 Å². The molecule has 0 aliphatic rings. The van der Waals surface area contributed by atoms with Crippen LogP contribution < -0.4 is 10.1 Å². The van der Waals surface area contributed by atoms with E-state index in [-0.39, 0.29) is 29.3 Å². The fourth-order valence-corrected chi connectivity index (χ4v) is 1.78. The molecule has 0 saturated carbocycles. The Bertz CT molecular complexity index is 742. The van der Waals surface area contributed by atoms with Gasteiger partial charge in [-0.2, -0.15) is 0 Å². The quantitative estimate of drug-likeness (QED) is 0.623. The van der Waals surface area contributed by atoms with Crippen molar-refractivity contribution >= 4 is 23.3 Å². The summed E-state index contributed by atoms with van der Waals surface area (Å²) in [5, 5.41) is 22.0. The molecular formula is C15H12N2O6. The first-order chi connectivity index (χ1) is 11.0. The minimum Gasteiger partial charge on any atom is -0.484 e. The number of para-hydroxylation sites is 1. The van der Waals surface area contributed by atoms with Crippen LogP contribution in [0.1, 0.15) is 10.4 Å². The molecule has 0 aliphatic heterocycles. The number of carbonyl (C=O) groups is 2. The Hall–Kier alpha value is -3.42. The molecular weight excluding hydrogens is 304 g/mol. The molecule has 23 heavy (non-hydrogen) atoms. The third kappa shape index (κ3) is 4.27. The van der Waals surface area contributed by atoms with Crippen molar-refractivity contribution in [2.45, 2.75) is 0 Å². The summed E-state index contributed by atoms with van der Waals surface area (Å²) < 4.78 is 5.19. The lowest BCUT2D eigenvalue weighted by molar-refractivity contribution is -0.384. The van der Waals surface area contributed by atoms with Crippen LogP contribution in [0, 0.1) is 10.1 Å². The minimum atomic E-state index is -1.16. The summed E-state index contributed by atoms with van der Waals surface area (Å²) in [5.74, 6) is -1.41. The Morgan fingerprint density at radius 1 is 1.13 bits per heavy atom. The van der Waals surface area contributed by atoms with Crippen molar-refractivity contribution in [2.75, 3.05) is 11.9 Å². The molecule has 2 rings (SSSR count). The molecule has 118 valence electrons. The lowest BCUT2D eigenvalue weighted by atomic mass is 10.2. The maximum Gasteiger partial charge on any atom is 0.337 e. The molecule has 8 heteroatoms. The second kappa shape index (κ2) is 7.03. The van der Waals surface area contributed by atoms with Crippen molar-refractivity contribution in [3.05, 3.63) is 64.2 Å². The monoisotopic (exact) mass is 316 g/mol. The van der Waals surface area contributed by atoms with Gasteiger partial charge in [0.1, 0.15) is 5.75 Å². The molecule has 0 aliphatic carbocycles. The second-order valence-electron chi connectivity index (χ2n) is 4.44. The number of hydrogen-bond donors (Lipinski definition) is 2. The van der Waals surface area contributed by atoms with E-state index < -0.39 is 16.8 Å².